The number of pyridine rings is 1. The maximum absolute atomic E-state index is 13.2. The van der Waals surface area contributed by atoms with Gasteiger partial charge in [-0.05, 0) is 43.5 Å². The van der Waals surface area contributed by atoms with Gasteiger partial charge in [0, 0.05) is 12.6 Å². The Hall–Kier alpha value is -3.14. The van der Waals surface area contributed by atoms with Crippen molar-refractivity contribution in [2.45, 2.75) is 44.9 Å². The van der Waals surface area contributed by atoms with Crippen LogP contribution in [0.3, 0.4) is 0 Å². The first-order valence-corrected chi connectivity index (χ1v) is 9.99. The molecule has 0 saturated heterocycles. The molecule has 0 amide bonds. The first-order valence-electron chi connectivity index (χ1n) is 9.99. The Morgan fingerprint density at radius 2 is 1.55 bits per heavy atom. The second-order valence-corrected chi connectivity index (χ2v) is 8.37. The normalized spacial score (nSPS) is 16.0. The van der Waals surface area contributed by atoms with Crippen molar-refractivity contribution in [3.63, 3.8) is 0 Å². The molecule has 3 aromatic rings. The molecule has 0 spiro atoms. The molecule has 0 aliphatic carbocycles. The van der Waals surface area contributed by atoms with Gasteiger partial charge in [-0.3, -0.25) is 0 Å². The summed E-state index contributed by atoms with van der Waals surface area (Å²) in [5.41, 5.74) is 2.76. The van der Waals surface area contributed by atoms with Gasteiger partial charge in [0.15, 0.2) is 0 Å². The third-order valence-corrected chi connectivity index (χ3v) is 5.05. The van der Waals surface area contributed by atoms with E-state index in [0.717, 1.165) is 22.5 Å². The van der Waals surface area contributed by atoms with Crippen LogP contribution in [-0.2, 0) is 16.0 Å². The van der Waals surface area contributed by atoms with Crippen molar-refractivity contribution in [1.82, 2.24) is 4.98 Å². The molecule has 1 atom stereocenters. The highest BCUT2D eigenvalue weighted by Crippen LogP contribution is 2.41. The Morgan fingerprint density at radius 3 is 2.10 bits per heavy atom. The Balaban J connectivity index is 1.84. The molecule has 4 rings (SSSR count). The quantitative estimate of drug-likeness (QED) is 0.596. The molecule has 0 radical (unpaired) electrons. The number of hydrogen-bond acceptors (Lipinski definition) is 4. The fourth-order valence-electron chi connectivity index (χ4n) is 3.93. The smallest absolute Gasteiger partial charge is 0.329 e. The van der Waals surface area contributed by atoms with Crippen LogP contribution < -0.4 is 4.90 Å². The number of esters is 1. The number of benzene rings is 2. The second kappa shape index (κ2) is 7.70. The maximum atomic E-state index is 13.2. The van der Waals surface area contributed by atoms with Crippen molar-refractivity contribution in [1.29, 1.82) is 0 Å². The highest BCUT2D eigenvalue weighted by molar-refractivity contribution is 5.84. The number of ether oxygens (including phenoxy) is 1. The van der Waals surface area contributed by atoms with E-state index in [2.05, 4.69) is 34.1 Å². The monoisotopic (exact) mass is 386 g/mol. The Labute approximate surface area is 172 Å². The number of hydrogen-bond donors (Lipinski definition) is 0. The molecular formula is C25H26N2O2. The van der Waals surface area contributed by atoms with Crippen molar-refractivity contribution < 1.29 is 9.53 Å². The van der Waals surface area contributed by atoms with Gasteiger partial charge in [0.2, 0.25) is 0 Å². The van der Waals surface area contributed by atoms with Gasteiger partial charge in [-0.2, -0.15) is 0 Å². The molecule has 2 heterocycles. The first kappa shape index (κ1) is 19.2. The third kappa shape index (κ3) is 4.02. The SMILES string of the molecule is CC(C)(C)OC(=O)[C@@H]1Cc2cccnc2N1C(c1ccccc1)c1ccccc1. The van der Waals surface area contributed by atoms with Gasteiger partial charge in [-0.1, -0.05) is 66.7 Å². The van der Waals surface area contributed by atoms with E-state index in [4.69, 9.17) is 4.74 Å². The zero-order valence-electron chi connectivity index (χ0n) is 17.1. The minimum atomic E-state index is -0.542. The highest BCUT2D eigenvalue weighted by atomic mass is 16.6. The topological polar surface area (TPSA) is 42.4 Å². The van der Waals surface area contributed by atoms with Gasteiger partial charge in [0.25, 0.3) is 0 Å². The predicted molar refractivity (Wildman–Crippen MR) is 115 cm³/mol. The standard InChI is InChI=1S/C25H26N2O2/c1-25(2,3)29-24(28)21-17-20-15-10-16-26-23(20)27(21)22(18-11-6-4-7-12-18)19-13-8-5-9-14-19/h4-16,21-22H,17H2,1-3H3/t21-/m0/s1. The minimum absolute atomic E-state index is 0.133. The van der Waals surface area contributed by atoms with Gasteiger partial charge < -0.3 is 9.64 Å². The average molecular weight is 386 g/mol. The van der Waals surface area contributed by atoms with Crippen LogP contribution >= 0.6 is 0 Å². The lowest BCUT2D eigenvalue weighted by Crippen LogP contribution is -2.45. The fourth-order valence-corrected chi connectivity index (χ4v) is 3.93. The summed E-state index contributed by atoms with van der Waals surface area (Å²) >= 11 is 0. The lowest BCUT2D eigenvalue weighted by atomic mass is 9.96. The van der Waals surface area contributed by atoms with Crippen molar-refractivity contribution in [3.8, 4) is 0 Å². The maximum Gasteiger partial charge on any atom is 0.329 e. The minimum Gasteiger partial charge on any atom is -0.458 e. The van der Waals surface area contributed by atoms with Crippen LogP contribution in [0.1, 0.15) is 43.5 Å². The summed E-state index contributed by atoms with van der Waals surface area (Å²) in [7, 11) is 0. The van der Waals surface area contributed by atoms with E-state index >= 15 is 0 Å². The summed E-state index contributed by atoms with van der Waals surface area (Å²) in [6, 6.07) is 24.0. The Kier molecular flexibility index (Phi) is 5.10. The number of nitrogens with zero attached hydrogens (tertiary/aromatic N) is 2. The van der Waals surface area contributed by atoms with Crippen molar-refractivity contribution in [2.24, 2.45) is 0 Å². The first-order chi connectivity index (χ1) is 13.9. The Morgan fingerprint density at radius 1 is 0.966 bits per heavy atom. The summed E-state index contributed by atoms with van der Waals surface area (Å²) < 4.78 is 5.80. The van der Waals surface area contributed by atoms with E-state index in [1.165, 1.54) is 0 Å². The van der Waals surface area contributed by atoms with Crippen LogP contribution in [0.5, 0.6) is 0 Å². The lowest BCUT2D eigenvalue weighted by Gasteiger charge is -2.35. The summed E-state index contributed by atoms with van der Waals surface area (Å²) in [4.78, 5) is 20.0. The van der Waals surface area contributed by atoms with E-state index in [0.29, 0.717) is 6.42 Å². The van der Waals surface area contributed by atoms with Gasteiger partial charge in [-0.25, -0.2) is 9.78 Å². The number of rotatable bonds is 4. The van der Waals surface area contributed by atoms with Crippen molar-refractivity contribution in [3.05, 3.63) is 95.7 Å². The number of carbonyl (C=O) groups excluding carboxylic acids is 1. The van der Waals surface area contributed by atoms with Crippen LogP contribution in [0.4, 0.5) is 5.82 Å². The molecule has 2 aromatic carbocycles. The van der Waals surface area contributed by atoms with Gasteiger partial charge >= 0.3 is 5.97 Å². The van der Waals surface area contributed by atoms with E-state index in [1.54, 1.807) is 6.20 Å². The van der Waals surface area contributed by atoms with Gasteiger partial charge in [0.05, 0.1) is 6.04 Å². The molecule has 29 heavy (non-hydrogen) atoms. The predicted octanol–water partition coefficient (Wildman–Crippen LogP) is 4.94. The van der Waals surface area contributed by atoms with Gasteiger partial charge in [0.1, 0.15) is 17.5 Å². The van der Waals surface area contributed by atoms with Crippen molar-refractivity contribution >= 4 is 11.8 Å². The van der Waals surface area contributed by atoms with Crippen LogP contribution in [0.2, 0.25) is 0 Å². The number of aromatic nitrogens is 1. The number of anilines is 1. The largest absolute Gasteiger partial charge is 0.458 e. The number of fused-ring (bicyclic) bond motifs is 1. The molecule has 1 aromatic heterocycles. The summed E-state index contributed by atoms with van der Waals surface area (Å²) in [6.07, 6.45) is 2.38. The molecule has 4 heteroatoms. The van der Waals surface area contributed by atoms with Gasteiger partial charge in [-0.15, -0.1) is 0 Å². The summed E-state index contributed by atoms with van der Waals surface area (Å²) in [5, 5.41) is 0. The zero-order valence-corrected chi connectivity index (χ0v) is 17.1. The highest BCUT2D eigenvalue weighted by Gasteiger charge is 2.42. The molecule has 4 nitrogen and oxygen atoms in total. The van der Waals surface area contributed by atoms with Crippen LogP contribution in [0.15, 0.2) is 79.0 Å². The molecular weight excluding hydrogens is 360 g/mol. The zero-order chi connectivity index (χ0) is 20.4. The molecule has 148 valence electrons. The molecule has 0 N–H and O–H groups in total. The molecule has 0 bridgehead atoms. The number of carbonyl (C=O) groups is 1. The van der Waals surface area contributed by atoms with E-state index in [1.807, 2.05) is 69.3 Å². The fraction of sp³-hybridized carbons (Fsp3) is 0.280. The Bertz CT molecular complexity index is 941. The van der Waals surface area contributed by atoms with Crippen LogP contribution in [0.25, 0.3) is 0 Å². The molecule has 0 unspecified atom stereocenters. The lowest BCUT2D eigenvalue weighted by molar-refractivity contribution is -0.156. The van der Waals surface area contributed by atoms with Crippen molar-refractivity contribution in [2.75, 3.05) is 4.90 Å². The molecule has 0 saturated carbocycles. The summed E-state index contributed by atoms with van der Waals surface area (Å²) in [5.74, 6) is 0.633. The van der Waals surface area contributed by atoms with E-state index in [9.17, 15) is 4.79 Å². The van der Waals surface area contributed by atoms with Crippen LogP contribution in [-0.4, -0.2) is 22.6 Å². The average Bonchev–Trinajstić information content (AvgIpc) is 3.08. The molecule has 0 fully saturated rings. The molecule has 1 aliphatic rings. The summed E-state index contributed by atoms with van der Waals surface area (Å²) in [6.45, 7) is 5.71. The second-order valence-electron chi connectivity index (χ2n) is 8.37. The third-order valence-electron chi connectivity index (χ3n) is 5.05. The molecule has 1 aliphatic heterocycles. The van der Waals surface area contributed by atoms with E-state index in [-0.39, 0.29) is 12.0 Å². The van der Waals surface area contributed by atoms with Crippen LogP contribution in [0, 0.1) is 0 Å². The van der Waals surface area contributed by atoms with E-state index < -0.39 is 11.6 Å².